The molecule has 2 amide bonds. The van der Waals surface area contributed by atoms with Crippen LogP contribution in [0.2, 0.25) is 5.02 Å². The molecule has 1 aliphatic rings. The molecule has 3 heterocycles. The number of piperazine rings is 1. The van der Waals surface area contributed by atoms with Crippen LogP contribution in [0.25, 0.3) is 0 Å². The largest absolute Gasteiger partial charge is 0.438 e. The van der Waals surface area contributed by atoms with Crippen molar-refractivity contribution in [2.45, 2.75) is 12.6 Å². The molecular weight excluding hydrogens is 482 g/mol. The molecule has 0 spiro atoms. The van der Waals surface area contributed by atoms with Crippen LogP contribution in [0.5, 0.6) is 11.6 Å². The van der Waals surface area contributed by atoms with Crippen LogP contribution in [0.1, 0.15) is 15.9 Å². The Kier molecular flexibility index (Phi) is 8.83. The van der Waals surface area contributed by atoms with E-state index >= 15 is 0 Å². The number of ether oxygens (including phenoxy) is 2. The van der Waals surface area contributed by atoms with Gasteiger partial charge in [0.05, 0.1) is 13.2 Å². The number of carbonyl (C=O) groups excluding carboxylic acids is 2. The Labute approximate surface area is 215 Å². The first-order chi connectivity index (χ1) is 17.5. The van der Waals surface area contributed by atoms with Crippen molar-refractivity contribution in [3.63, 3.8) is 0 Å². The van der Waals surface area contributed by atoms with E-state index < -0.39 is 11.9 Å². The zero-order valence-corrected chi connectivity index (χ0v) is 20.7. The molecule has 10 heteroatoms. The summed E-state index contributed by atoms with van der Waals surface area (Å²) in [5.74, 6) is -0.0624. The van der Waals surface area contributed by atoms with E-state index in [0.717, 1.165) is 18.7 Å². The second-order valence-corrected chi connectivity index (χ2v) is 8.88. The highest BCUT2D eigenvalue weighted by Crippen LogP contribution is 2.24. The molecule has 0 saturated carbocycles. The molecule has 0 bridgehead atoms. The van der Waals surface area contributed by atoms with Gasteiger partial charge in [-0.05, 0) is 55.1 Å². The summed E-state index contributed by atoms with van der Waals surface area (Å²) in [6.45, 7) is 2.99. The number of hydrogen-bond donors (Lipinski definition) is 1. The minimum absolute atomic E-state index is 0.0133. The molecule has 0 aliphatic carbocycles. The molecule has 36 heavy (non-hydrogen) atoms. The SMILES string of the molecule is CN1CCN(C(=O)[C@@H](COCc2cccnc2)NC(=O)c2cccnc2Oc2ccc(Cl)cc2)CC1. The number of likely N-dealkylation sites (N-methyl/N-ethyl adjacent to an activating group) is 1. The normalized spacial score (nSPS) is 14.8. The second kappa shape index (κ2) is 12.4. The maximum Gasteiger partial charge on any atom is 0.257 e. The molecule has 0 unspecified atom stereocenters. The van der Waals surface area contributed by atoms with E-state index in [1.807, 2.05) is 19.2 Å². The Morgan fingerprint density at radius 1 is 1.06 bits per heavy atom. The van der Waals surface area contributed by atoms with Crippen LogP contribution < -0.4 is 10.1 Å². The minimum Gasteiger partial charge on any atom is -0.438 e. The van der Waals surface area contributed by atoms with Crippen LogP contribution >= 0.6 is 11.6 Å². The van der Waals surface area contributed by atoms with Gasteiger partial charge in [0.2, 0.25) is 11.8 Å². The summed E-state index contributed by atoms with van der Waals surface area (Å²) in [4.78, 5) is 38.9. The summed E-state index contributed by atoms with van der Waals surface area (Å²) in [5, 5.41) is 3.41. The average Bonchev–Trinajstić information content (AvgIpc) is 2.90. The molecule has 1 aliphatic heterocycles. The fourth-order valence-electron chi connectivity index (χ4n) is 3.70. The maximum atomic E-state index is 13.4. The van der Waals surface area contributed by atoms with Gasteiger partial charge < -0.3 is 24.6 Å². The molecule has 3 aromatic rings. The number of halogens is 1. The molecule has 188 valence electrons. The Morgan fingerprint density at radius 3 is 2.53 bits per heavy atom. The number of aromatic nitrogens is 2. The molecule has 2 aromatic heterocycles. The number of carbonyl (C=O) groups is 2. The van der Waals surface area contributed by atoms with Gasteiger partial charge in [-0.2, -0.15) is 0 Å². The molecule has 1 aromatic carbocycles. The van der Waals surface area contributed by atoms with Crippen LogP contribution in [0.4, 0.5) is 0 Å². The van der Waals surface area contributed by atoms with Crippen LogP contribution in [0.15, 0.2) is 67.1 Å². The standard InChI is InChI=1S/C26H28ClN5O4/c1-31-12-14-32(15-13-31)26(34)23(18-35-17-19-4-2-10-28-16-19)30-24(33)22-5-3-11-29-25(22)36-21-8-6-20(27)7-9-21/h2-11,16,23H,12-15,17-18H2,1H3,(H,30,33)/t23-/m1/s1. The summed E-state index contributed by atoms with van der Waals surface area (Å²) >= 11 is 5.95. The molecule has 0 radical (unpaired) electrons. The molecule has 1 fully saturated rings. The molecule has 4 rings (SSSR count). The van der Waals surface area contributed by atoms with Crippen LogP contribution in [-0.2, 0) is 16.1 Å². The lowest BCUT2D eigenvalue weighted by molar-refractivity contribution is -0.136. The minimum atomic E-state index is -0.874. The zero-order chi connectivity index (χ0) is 25.3. The number of rotatable bonds is 9. The van der Waals surface area contributed by atoms with E-state index in [9.17, 15) is 9.59 Å². The van der Waals surface area contributed by atoms with Crippen LogP contribution in [0.3, 0.4) is 0 Å². The number of benzene rings is 1. The molecule has 1 atom stereocenters. The van der Waals surface area contributed by atoms with E-state index in [-0.39, 0.29) is 30.6 Å². The lowest BCUT2D eigenvalue weighted by atomic mass is 10.2. The highest BCUT2D eigenvalue weighted by Gasteiger charge is 2.29. The van der Waals surface area contributed by atoms with Crippen molar-refractivity contribution in [3.05, 3.63) is 83.3 Å². The van der Waals surface area contributed by atoms with Crippen molar-refractivity contribution >= 4 is 23.4 Å². The van der Waals surface area contributed by atoms with Gasteiger partial charge in [-0.3, -0.25) is 14.6 Å². The van der Waals surface area contributed by atoms with E-state index in [1.54, 1.807) is 53.7 Å². The number of nitrogens with zero attached hydrogens (tertiary/aromatic N) is 4. The van der Waals surface area contributed by atoms with Crippen molar-refractivity contribution in [1.82, 2.24) is 25.1 Å². The quantitative estimate of drug-likeness (QED) is 0.473. The topological polar surface area (TPSA) is 96.9 Å². The average molecular weight is 510 g/mol. The van der Waals surface area contributed by atoms with Crippen LogP contribution in [0, 0.1) is 0 Å². The maximum absolute atomic E-state index is 13.4. The van der Waals surface area contributed by atoms with Crippen molar-refractivity contribution in [3.8, 4) is 11.6 Å². The zero-order valence-electron chi connectivity index (χ0n) is 20.0. The Balaban J connectivity index is 1.48. The van der Waals surface area contributed by atoms with Crippen molar-refractivity contribution in [2.24, 2.45) is 0 Å². The summed E-state index contributed by atoms with van der Waals surface area (Å²) in [6.07, 6.45) is 4.92. The van der Waals surface area contributed by atoms with Crippen molar-refractivity contribution in [2.75, 3.05) is 39.8 Å². The third-order valence-electron chi connectivity index (χ3n) is 5.74. The smallest absolute Gasteiger partial charge is 0.257 e. The monoisotopic (exact) mass is 509 g/mol. The van der Waals surface area contributed by atoms with Gasteiger partial charge in [-0.25, -0.2) is 4.98 Å². The third kappa shape index (κ3) is 7.00. The van der Waals surface area contributed by atoms with Gasteiger partial charge in [0, 0.05) is 49.8 Å². The first kappa shape index (κ1) is 25.6. The number of pyridine rings is 2. The van der Waals surface area contributed by atoms with Crippen LogP contribution in [-0.4, -0.2) is 77.5 Å². The van der Waals surface area contributed by atoms with Gasteiger partial charge in [-0.15, -0.1) is 0 Å². The number of hydrogen-bond acceptors (Lipinski definition) is 7. The number of amides is 2. The van der Waals surface area contributed by atoms with Gasteiger partial charge in [0.25, 0.3) is 5.91 Å². The predicted molar refractivity (Wildman–Crippen MR) is 135 cm³/mol. The van der Waals surface area contributed by atoms with E-state index in [1.165, 1.54) is 6.20 Å². The molecule has 1 N–H and O–H groups in total. The van der Waals surface area contributed by atoms with Gasteiger partial charge in [0.1, 0.15) is 17.4 Å². The Hall–Kier alpha value is -3.53. The summed E-state index contributed by atoms with van der Waals surface area (Å²) in [7, 11) is 2.02. The van der Waals surface area contributed by atoms with Crippen molar-refractivity contribution < 1.29 is 19.1 Å². The second-order valence-electron chi connectivity index (χ2n) is 8.44. The summed E-state index contributed by atoms with van der Waals surface area (Å²) in [5.41, 5.74) is 1.08. The summed E-state index contributed by atoms with van der Waals surface area (Å²) in [6, 6.07) is 12.8. The predicted octanol–water partition coefficient (Wildman–Crippen LogP) is 3.01. The van der Waals surface area contributed by atoms with Gasteiger partial charge in [0.15, 0.2) is 0 Å². The first-order valence-corrected chi connectivity index (χ1v) is 12.0. The molecule has 1 saturated heterocycles. The van der Waals surface area contributed by atoms with Crippen molar-refractivity contribution in [1.29, 1.82) is 0 Å². The van der Waals surface area contributed by atoms with E-state index in [4.69, 9.17) is 21.1 Å². The summed E-state index contributed by atoms with van der Waals surface area (Å²) < 4.78 is 11.6. The number of nitrogens with one attached hydrogen (secondary N) is 1. The highest BCUT2D eigenvalue weighted by molar-refractivity contribution is 6.30. The van der Waals surface area contributed by atoms with E-state index in [2.05, 4.69) is 20.2 Å². The van der Waals surface area contributed by atoms with Gasteiger partial charge >= 0.3 is 0 Å². The lowest BCUT2D eigenvalue weighted by Gasteiger charge is -2.34. The molecule has 9 nitrogen and oxygen atoms in total. The third-order valence-corrected chi connectivity index (χ3v) is 5.99. The lowest BCUT2D eigenvalue weighted by Crippen LogP contribution is -2.55. The fourth-order valence-corrected chi connectivity index (χ4v) is 3.82. The van der Waals surface area contributed by atoms with Gasteiger partial charge in [-0.1, -0.05) is 17.7 Å². The Morgan fingerprint density at radius 2 is 1.81 bits per heavy atom. The first-order valence-electron chi connectivity index (χ1n) is 11.6. The Bertz CT molecular complexity index is 1150. The van der Waals surface area contributed by atoms with E-state index in [0.29, 0.717) is 23.9 Å². The molecular formula is C26H28ClN5O4. The fraction of sp³-hybridized carbons (Fsp3) is 0.308. The highest BCUT2D eigenvalue weighted by atomic mass is 35.5.